The number of pyridine rings is 1. The van der Waals surface area contributed by atoms with Crippen molar-refractivity contribution in [3.63, 3.8) is 0 Å². The fourth-order valence-electron chi connectivity index (χ4n) is 1.39. The van der Waals surface area contributed by atoms with Crippen LogP contribution in [0, 0.1) is 18.3 Å². The number of aryl methyl sites for hydroxylation is 1. The molecule has 0 aliphatic heterocycles. The molecule has 0 saturated carbocycles. The Bertz CT molecular complexity index is 455. The van der Waals surface area contributed by atoms with Gasteiger partial charge in [-0.15, -0.1) is 0 Å². The molecule has 0 aromatic carbocycles. The molecule has 0 radical (unpaired) electrons. The van der Waals surface area contributed by atoms with Crippen molar-refractivity contribution in [3.8, 4) is 6.07 Å². The van der Waals surface area contributed by atoms with Crippen LogP contribution in [0.2, 0.25) is 0 Å². The van der Waals surface area contributed by atoms with E-state index in [0.717, 1.165) is 5.56 Å². The Morgan fingerprint density at radius 3 is 2.65 bits per heavy atom. The van der Waals surface area contributed by atoms with Gasteiger partial charge in [0.05, 0.1) is 11.8 Å². The predicted molar refractivity (Wildman–Crippen MR) is 63.2 cm³/mol. The molecule has 0 bridgehead atoms. The Morgan fingerprint density at radius 2 is 2.18 bits per heavy atom. The molecule has 0 spiro atoms. The van der Waals surface area contributed by atoms with Gasteiger partial charge in [0.15, 0.2) is 5.92 Å². The van der Waals surface area contributed by atoms with E-state index >= 15 is 0 Å². The van der Waals surface area contributed by atoms with Crippen molar-refractivity contribution in [1.82, 2.24) is 4.98 Å². The summed E-state index contributed by atoms with van der Waals surface area (Å²) in [4.78, 5) is 15.9. The molecule has 17 heavy (non-hydrogen) atoms. The Morgan fingerprint density at radius 1 is 1.53 bits per heavy atom. The van der Waals surface area contributed by atoms with Crippen molar-refractivity contribution >= 4 is 5.97 Å². The highest BCUT2D eigenvalue weighted by atomic mass is 16.6. The average Bonchev–Trinajstić information content (AvgIpc) is 2.19. The minimum atomic E-state index is -0.963. The SMILES string of the molecule is Cc1cccnc1C(C#N)C(=O)OC(C)(C)C. The molecule has 0 aliphatic carbocycles. The van der Waals surface area contributed by atoms with Crippen LogP contribution in [-0.4, -0.2) is 16.6 Å². The van der Waals surface area contributed by atoms with Crippen molar-refractivity contribution in [2.45, 2.75) is 39.2 Å². The summed E-state index contributed by atoms with van der Waals surface area (Å²) >= 11 is 0. The summed E-state index contributed by atoms with van der Waals surface area (Å²) in [6.07, 6.45) is 1.57. The molecule has 4 heteroatoms. The summed E-state index contributed by atoms with van der Waals surface area (Å²) < 4.78 is 5.20. The zero-order valence-corrected chi connectivity index (χ0v) is 10.5. The molecule has 1 atom stereocenters. The number of carbonyl (C=O) groups excluding carboxylic acids is 1. The maximum absolute atomic E-state index is 11.9. The molecule has 4 nitrogen and oxygen atoms in total. The van der Waals surface area contributed by atoms with Crippen LogP contribution in [-0.2, 0) is 9.53 Å². The number of hydrogen-bond acceptors (Lipinski definition) is 4. The van der Waals surface area contributed by atoms with Gasteiger partial charge in [0.1, 0.15) is 5.60 Å². The van der Waals surface area contributed by atoms with Gasteiger partial charge < -0.3 is 4.74 Å². The molecular formula is C13H16N2O2. The van der Waals surface area contributed by atoms with Gasteiger partial charge in [-0.25, -0.2) is 0 Å². The van der Waals surface area contributed by atoms with Crippen molar-refractivity contribution in [2.75, 3.05) is 0 Å². The van der Waals surface area contributed by atoms with E-state index in [0.29, 0.717) is 5.69 Å². The molecule has 0 fully saturated rings. The zero-order chi connectivity index (χ0) is 13.1. The van der Waals surface area contributed by atoms with E-state index in [1.54, 1.807) is 33.0 Å². The van der Waals surface area contributed by atoms with Gasteiger partial charge >= 0.3 is 5.97 Å². The molecule has 90 valence electrons. The summed E-state index contributed by atoms with van der Waals surface area (Å²) in [5.74, 6) is -1.52. The first-order valence-corrected chi connectivity index (χ1v) is 5.39. The number of aromatic nitrogens is 1. The summed E-state index contributed by atoms with van der Waals surface area (Å²) in [6.45, 7) is 7.12. The lowest BCUT2D eigenvalue weighted by atomic mass is 10.0. The molecule has 0 amide bonds. The number of carbonyl (C=O) groups is 1. The number of nitrogens with zero attached hydrogens (tertiary/aromatic N) is 2. The lowest BCUT2D eigenvalue weighted by Crippen LogP contribution is -2.28. The Hall–Kier alpha value is -1.89. The van der Waals surface area contributed by atoms with Crippen molar-refractivity contribution in [2.24, 2.45) is 0 Å². The van der Waals surface area contributed by atoms with Gasteiger partial charge in [-0.3, -0.25) is 9.78 Å². The second kappa shape index (κ2) is 4.96. The summed E-state index contributed by atoms with van der Waals surface area (Å²) in [5, 5.41) is 9.08. The van der Waals surface area contributed by atoms with E-state index < -0.39 is 17.5 Å². The second-order valence-corrected chi connectivity index (χ2v) is 4.80. The molecule has 0 saturated heterocycles. The predicted octanol–water partition coefficient (Wildman–Crippen LogP) is 2.34. The van der Waals surface area contributed by atoms with Gasteiger partial charge in [0.25, 0.3) is 0 Å². The van der Waals surface area contributed by atoms with Crippen LogP contribution in [0.3, 0.4) is 0 Å². The zero-order valence-electron chi connectivity index (χ0n) is 10.5. The second-order valence-electron chi connectivity index (χ2n) is 4.80. The fourth-order valence-corrected chi connectivity index (χ4v) is 1.39. The molecule has 1 aromatic rings. The van der Waals surface area contributed by atoms with Gasteiger partial charge in [0, 0.05) is 6.20 Å². The third-order valence-electron chi connectivity index (χ3n) is 2.09. The van der Waals surface area contributed by atoms with Crippen molar-refractivity contribution < 1.29 is 9.53 Å². The Balaban J connectivity index is 2.98. The monoisotopic (exact) mass is 232 g/mol. The summed E-state index contributed by atoms with van der Waals surface area (Å²) in [5.41, 5.74) is 0.670. The van der Waals surface area contributed by atoms with E-state index in [1.807, 2.05) is 19.1 Å². The first kappa shape index (κ1) is 13.2. The van der Waals surface area contributed by atoms with Crippen LogP contribution in [0.5, 0.6) is 0 Å². The molecule has 1 aromatic heterocycles. The van der Waals surface area contributed by atoms with Crippen LogP contribution in [0.1, 0.15) is 37.9 Å². The first-order chi connectivity index (χ1) is 7.85. The highest BCUT2D eigenvalue weighted by Gasteiger charge is 2.28. The van der Waals surface area contributed by atoms with E-state index in [-0.39, 0.29) is 0 Å². The molecule has 0 N–H and O–H groups in total. The minimum Gasteiger partial charge on any atom is -0.459 e. The number of nitriles is 1. The number of rotatable bonds is 2. The van der Waals surface area contributed by atoms with Crippen LogP contribution < -0.4 is 0 Å². The summed E-state index contributed by atoms with van der Waals surface area (Å²) in [7, 11) is 0. The van der Waals surface area contributed by atoms with Gasteiger partial charge in [0.2, 0.25) is 0 Å². The van der Waals surface area contributed by atoms with E-state index in [2.05, 4.69) is 4.98 Å². The molecule has 1 rings (SSSR count). The quantitative estimate of drug-likeness (QED) is 0.734. The van der Waals surface area contributed by atoms with E-state index in [4.69, 9.17) is 10.00 Å². The lowest BCUT2D eigenvalue weighted by molar-refractivity contribution is -0.155. The highest BCUT2D eigenvalue weighted by Crippen LogP contribution is 2.20. The maximum atomic E-state index is 11.9. The standard InChI is InChI=1S/C13H16N2O2/c1-9-6-5-7-15-11(9)10(8-14)12(16)17-13(2,3)4/h5-7,10H,1-4H3. The minimum absolute atomic E-state index is 0.462. The molecule has 1 unspecified atom stereocenters. The molecule has 0 aliphatic rings. The highest BCUT2D eigenvalue weighted by molar-refractivity contribution is 5.81. The summed E-state index contributed by atoms with van der Waals surface area (Å²) in [6, 6.07) is 5.53. The van der Waals surface area contributed by atoms with Crippen LogP contribution in [0.4, 0.5) is 0 Å². The molecule has 1 heterocycles. The van der Waals surface area contributed by atoms with Gasteiger partial charge in [-0.1, -0.05) is 6.07 Å². The van der Waals surface area contributed by atoms with Crippen molar-refractivity contribution in [1.29, 1.82) is 5.26 Å². The van der Waals surface area contributed by atoms with Crippen LogP contribution in [0.25, 0.3) is 0 Å². The van der Waals surface area contributed by atoms with Gasteiger partial charge in [-0.2, -0.15) is 5.26 Å². The third kappa shape index (κ3) is 3.56. The van der Waals surface area contributed by atoms with Gasteiger partial charge in [-0.05, 0) is 39.3 Å². The lowest BCUT2D eigenvalue weighted by Gasteiger charge is -2.21. The molecular weight excluding hydrogens is 216 g/mol. The van der Waals surface area contributed by atoms with E-state index in [9.17, 15) is 4.79 Å². The normalized spacial score (nSPS) is 12.6. The van der Waals surface area contributed by atoms with Crippen LogP contribution >= 0.6 is 0 Å². The number of hydrogen-bond donors (Lipinski definition) is 0. The number of esters is 1. The van der Waals surface area contributed by atoms with Crippen molar-refractivity contribution in [3.05, 3.63) is 29.6 Å². The average molecular weight is 232 g/mol. The largest absolute Gasteiger partial charge is 0.459 e. The van der Waals surface area contributed by atoms with Crippen LogP contribution in [0.15, 0.2) is 18.3 Å². The first-order valence-electron chi connectivity index (χ1n) is 5.39. The Kier molecular flexibility index (Phi) is 3.84. The fraction of sp³-hybridized carbons (Fsp3) is 0.462. The maximum Gasteiger partial charge on any atom is 0.330 e. The topological polar surface area (TPSA) is 63.0 Å². The Labute approximate surface area is 101 Å². The number of ether oxygens (including phenoxy) is 1. The van der Waals surface area contributed by atoms with E-state index in [1.165, 1.54) is 0 Å². The smallest absolute Gasteiger partial charge is 0.330 e. The third-order valence-corrected chi connectivity index (χ3v) is 2.09.